The number of carbonyl (C=O) groups is 2. The Kier molecular flexibility index (Phi) is 3.33. The van der Waals surface area contributed by atoms with Crippen molar-refractivity contribution in [3.8, 4) is 5.75 Å². The van der Waals surface area contributed by atoms with Gasteiger partial charge in [0.1, 0.15) is 5.75 Å². The van der Waals surface area contributed by atoms with Crippen LogP contribution in [-0.4, -0.2) is 28.5 Å². The highest BCUT2D eigenvalue weighted by Crippen LogP contribution is 2.26. The number of ether oxygens (including phenoxy) is 1. The van der Waals surface area contributed by atoms with E-state index in [9.17, 15) is 9.59 Å². The van der Waals surface area contributed by atoms with Crippen molar-refractivity contribution in [2.75, 3.05) is 11.4 Å². The lowest BCUT2D eigenvalue weighted by atomic mass is 10.3. The molecular weight excluding hydrogens is 290 g/mol. The highest BCUT2D eigenvalue weighted by molar-refractivity contribution is 9.10. The summed E-state index contributed by atoms with van der Waals surface area (Å²) in [5, 5.41) is 8.43. The molecule has 0 spiro atoms. The van der Waals surface area contributed by atoms with Crippen LogP contribution in [0, 0.1) is 0 Å². The fourth-order valence-electron chi connectivity index (χ4n) is 1.70. The Morgan fingerprint density at radius 2 is 2.06 bits per heavy atom. The van der Waals surface area contributed by atoms with Crippen LogP contribution in [0.25, 0.3) is 0 Å². The molecule has 1 aliphatic rings. The van der Waals surface area contributed by atoms with Crippen molar-refractivity contribution in [1.29, 1.82) is 0 Å². The standard InChI is InChI=1S/C11H10BrNO4/c12-9-5-6-13(10(9)14)7-1-3-8(4-2-7)17-11(15)16/h1-4,9H,5-6H2,(H,15,16). The minimum atomic E-state index is -1.35. The van der Waals surface area contributed by atoms with E-state index in [1.807, 2.05) is 0 Å². The van der Waals surface area contributed by atoms with E-state index in [0.29, 0.717) is 6.54 Å². The SMILES string of the molecule is O=C(O)Oc1ccc(N2CCC(Br)C2=O)cc1. The minimum absolute atomic E-state index is 0.0249. The summed E-state index contributed by atoms with van der Waals surface area (Å²) in [6, 6.07) is 6.39. The number of rotatable bonds is 2. The van der Waals surface area contributed by atoms with Gasteiger partial charge < -0.3 is 14.7 Å². The van der Waals surface area contributed by atoms with Crippen molar-refractivity contribution in [3.05, 3.63) is 24.3 Å². The lowest BCUT2D eigenvalue weighted by Gasteiger charge is -2.15. The molecule has 5 nitrogen and oxygen atoms in total. The number of alkyl halides is 1. The summed E-state index contributed by atoms with van der Waals surface area (Å²) >= 11 is 3.29. The van der Waals surface area contributed by atoms with E-state index < -0.39 is 6.16 Å². The third-order valence-corrected chi connectivity index (χ3v) is 3.34. The molecule has 0 aliphatic carbocycles. The van der Waals surface area contributed by atoms with Crippen LogP contribution in [0.15, 0.2) is 24.3 Å². The largest absolute Gasteiger partial charge is 0.511 e. The number of carboxylic acid groups (broad SMARTS) is 1. The summed E-state index contributed by atoms with van der Waals surface area (Å²) in [6.45, 7) is 0.661. The van der Waals surface area contributed by atoms with Gasteiger partial charge in [0, 0.05) is 12.2 Å². The second-order valence-corrected chi connectivity index (χ2v) is 4.71. The number of amides is 1. The average Bonchev–Trinajstić information content (AvgIpc) is 2.60. The molecule has 1 amide bonds. The molecule has 0 saturated carbocycles. The first kappa shape index (κ1) is 11.9. The zero-order valence-corrected chi connectivity index (χ0v) is 10.4. The second kappa shape index (κ2) is 4.75. The van der Waals surface area contributed by atoms with E-state index in [4.69, 9.17) is 5.11 Å². The molecule has 1 fully saturated rings. The number of halogens is 1. The highest BCUT2D eigenvalue weighted by Gasteiger charge is 2.30. The van der Waals surface area contributed by atoms with Crippen molar-refractivity contribution in [1.82, 2.24) is 0 Å². The molecule has 0 radical (unpaired) electrons. The van der Waals surface area contributed by atoms with Gasteiger partial charge in [-0.05, 0) is 30.7 Å². The van der Waals surface area contributed by atoms with Crippen molar-refractivity contribution in [2.45, 2.75) is 11.2 Å². The Labute approximate surface area is 106 Å². The summed E-state index contributed by atoms with van der Waals surface area (Å²) in [5.74, 6) is 0.264. The van der Waals surface area contributed by atoms with Gasteiger partial charge in [-0.15, -0.1) is 0 Å². The normalized spacial score (nSPS) is 19.5. The molecule has 0 bridgehead atoms. The molecule has 0 aromatic heterocycles. The van der Waals surface area contributed by atoms with Crippen molar-refractivity contribution < 1.29 is 19.4 Å². The van der Waals surface area contributed by atoms with Gasteiger partial charge in [-0.3, -0.25) is 4.79 Å². The van der Waals surface area contributed by atoms with Gasteiger partial charge in [0.15, 0.2) is 0 Å². The van der Waals surface area contributed by atoms with Gasteiger partial charge >= 0.3 is 6.16 Å². The second-order valence-electron chi connectivity index (χ2n) is 3.61. The quantitative estimate of drug-likeness (QED) is 0.517. The number of anilines is 1. The van der Waals surface area contributed by atoms with Gasteiger partial charge in [-0.25, -0.2) is 4.79 Å². The molecule has 2 rings (SSSR count). The predicted molar refractivity (Wildman–Crippen MR) is 64.8 cm³/mol. The maximum absolute atomic E-state index is 11.7. The molecule has 1 heterocycles. The highest BCUT2D eigenvalue weighted by atomic mass is 79.9. The molecule has 1 aliphatic heterocycles. The van der Waals surface area contributed by atoms with Crippen LogP contribution in [0.3, 0.4) is 0 Å². The third-order valence-electron chi connectivity index (χ3n) is 2.49. The maximum Gasteiger partial charge on any atom is 0.511 e. The van der Waals surface area contributed by atoms with Crippen LogP contribution < -0.4 is 9.64 Å². The van der Waals surface area contributed by atoms with Gasteiger partial charge in [0.2, 0.25) is 5.91 Å². The maximum atomic E-state index is 11.7. The first-order valence-electron chi connectivity index (χ1n) is 5.04. The van der Waals surface area contributed by atoms with Crippen LogP contribution in [-0.2, 0) is 4.79 Å². The first-order chi connectivity index (χ1) is 8.08. The summed E-state index contributed by atoms with van der Waals surface area (Å²) in [7, 11) is 0. The molecule has 17 heavy (non-hydrogen) atoms. The lowest BCUT2D eigenvalue weighted by Crippen LogP contribution is -2.26. The Balaban J connectivity index is 2.13. The fraction of sp³-hybridized carbons (Fsp3) is 0.273. The van der Waals surface area contributed by atoms with Crippen LogP contribution in [0.1, 0.15) is 6.42 Å². The van der Waals surface area contributed by atoms with Crippen LogP contribution in [0.5, 0.6) is 5.75 Å². The number of nitrogens with zero attached hydrogens (tertiary/aromatic N) is 1. The molecule has 1 aromatic carbocycles. The Hall–Kier alpha value is -1.56. The molecular formula is C11H10BrNO4. The van der Waals surface area contributed by atoms with Gasteiger partial charge in [-0.2, -0.15) is 0 Å². The lowest BCUT2D eigenvalue weighted by molar-refractivity contribution is -0.116. The van der Waals surface area contributed by atoms with Gasteiger partial charge in [0.25, 0.3) is 0 Å². The van der Waals surface area contributed by atoms with E-state index in [1.165, 1.54) is 12.1 Å². The van der Waals surface area contributed by atoms with E-state index in [-0.39, 0.29) is 16.5 Å². The Morgan fingerprint density at radius 3 is 2.53 bits per heavy atom. The molecule has 1 atom stereocenters. The Morgan fingerprint density at radius 1 is 1.41 bits per heavy atom. The first-order valence-corrected chi connectivity index (χ1v) is 5.96. The van der Waals surface area contributed by atoms with Gasteiger partial charge in [-0.1, -0.05) is 15.9 Å². The summed E-state index contributed by atoms with van der Waals surface area (Å²) in [5.41, 5.74) is 0.745. The number of hydrogen-bond donors (Lipinski definition) is 1. The average molecular weight is 300 g/mol. The van der Waals surface area contributed by atoms with Gasteiger partial charge in [0.05, 0.1) is 4.83 Å². The number of benzene rings is 1. The molecule has 6 heteroatoms. The van der Waals surface area contributed by atoms with Crippen molar-refractivity contribution in [2.24, 2.45) is 0 Å². The Bertz CT molecular complexity index is 445. The third kappa shape index (κ3) is 2.58. The van der Waals surface area contributed by atoms with E-state index in [1.54, 1.807) is 17.0 Å². The van der Waals surface area contributed by atoms with E-state index >= 15 is 0 Å². The smallest absolute Gasteiger partial charge is 0.449 e. The minimum Gasteiger partial charge on any atom is -0.449 e. The summed E-state index contributed by atoms with van der Waals surface area (Å²) in [4.78, 5) is 23.6. The molecule has 1 unspecified atom stereocenters. The zero-order chi connectivity index (χ0) is 12.4. The zero-order valence-electron chi connectivity index (χ0n) is 8.80. The predicted octanol–water partition coefficient (Wildman–Crippen LogP) is 2.24. The molecule has 1 aromatic rings. The monoisotopic (exact) mass is 299 g/mol. The molecule has 1 N–H and O–H groups in total. The van der Waals surface area contributed by atoms with Crippen LogP contribution in [0.2, 0.25) is 0 Å². The molecule has 90 valence electrons. The fourth-order valence-corrected chi connectivity index (χ4v) is 2.15. The summed E-state index contributed by atoms with van der Waals surface area (Å²) < 4.78 is 4.48. The van der Waals surface area contributed by atoms with Crippen molar-refractivity contribution in [3.63, 3.8) is 0 Å². The van der Waals surface area contributed by atoms with Crippen LogP contribution >= 0.6 is 15.9 Å². The number of carbonyl (C=O) groups excluding carboxylic acids is 1. The topological polar surface area (TPSA) is 66.8 Å². The number of hydrogen-bond acceptors (Lipinski definition) is 3. The molecule has 1 saturated heterocycles. The van der Waals surface area contributed by atoms with Crippen molar-refractivity contribution >= 4 is 33.7 Å². The summed E-state index contributed by atoms with van der Waals surface area (Å²) in [6.07, 6.45) is -0.581. The van der Waals surface area contributed by atoms with Crippen LogP contribution in [0.4, 0.5) is 10.5 Å². The van der Waals surface area contributed by atoms with E-state index in [2.05, 4.69) is 20.7 Å². The van der Waals surface area contributed by atoms with E-state index in [0.717, 1.165) is 12.1 Å².